The standard InChI is InChI=1S/C20H20N2O4/c23-13-15-5-9-17(10-6-15)21-19(25)3-1-2-4-20(26)22-18-11-7-16(14-24)8-12-18/h5-14H,1-4H2,(H,21,25)(H,22,26). The molecule has 2 rings (SSSR count). The third kappa shape index (κ3) is 6.32. The molecule has 134 valence electrons. The lowest BCUT2D eigenvalue weighted by molar-refractivity contribution is -0.118. The summed E-state index contributed by atoms with van der Waals surface area (Å²) in [6.45, 7) is 0. The molecule has 26 heavy (non-hydrogen) atoms. The van der Waals surface area contributed by atoms with Gasteiger partial charge in [-0.05, 0) is 61.4 Å². The molecule has 0 saturated heterocycles. The number of carbonyl (C=O) groups excluding carboxylic acids is 4. The fourth-order valence-electron chi connectivity index (χ4n) is 2.31. The minimum absolute atomic E-state index is 0.131. The maximum Gasteiger partial charge on any atom is 0.224 e. The summed E-state index contributed by atoms with van der Waals surface area (Å²) in [5.74, 6) is -0.262. The van der Waals surface area contributed by atoms with Crippen LogP contribution in [0.15, 0.2) is 48.5 Å². The molecule has 0 bridgehead atoms. The summed E-state index contributed by atoms with van der Waals surface area (Å²) in [5.41, 5.74) is 2.37. The Kier molecular flexibility index (Phi) is 7.24. The molecule has 6 heteroatoms. The van der Waals surface area contributed by atoms with Gasteiger partial charge in [-0.25, -0.2) is 0 Å². The predicted molar refractivity (Wildman–Crippen MR) is 99.4 cm³/mol. The number of anilines is 2. The summed E-state index contributed by atoms with van der Waals surface area (Å²) in [7, 11) is 0. The summed E-state index contributed by atoms with van der Waals surface area (Å²) in [6.07, 6.45) is 3.31. The van der Waals surface area contributed by atoms with Crippen molar-refractivity contribution in [2.24, 2.45) is 0 Å². The Hall–Kier alpha value is -3.28. The van der Waals surface area contributed by atoms with E-state index in [2.05, 4.69) is 10.6 Å². The van der Waals surface area contributed by atoms with Crippen molar-refractivity contribution in [1.82, 2.24) is 0 Å². The van der Waals surface area contributed by atoms with Gasteiger partial charge < -0.3 is 10.6 Å². The quantitative estimate of drug-likeness (QED) is 0.534. The van der Waals surface area contributed by atoms with Crippen LogP contribution >= 0.6 is 0 Å². The summed E-state index contributed by atoms with van der Waals surface area (Å²) in [6, 6.07) is 13.2. The first kappa shape index (κ1) is 19.1. The zero-order valence-electron chi connectivity index (χ0n) is 14.2. The fraction of sp³-hybridized carbons (Fsp3) is 0.200. The van der Waals surface area contributed by atoms with E-state index in [4.69, 9.17) is 0 Å². The smallest absolute Gasteiger partial charge is 0.224 e. The van der Waals surface area contributed by atoms with Crippen molar-refractivity contribution in [2.75, 3.05) is 10.6 Å². The van der Waals surface area contributed by atoms with Crippen LogP contribution in [0.3, 0.4) is 0 Å². The number of nitrogens with one attached hydrogen (secondary N) is 2. The van der Waals surface area contributed by atoms with Crippen molar-refractivity contribution in [3.8, 4) is 0 Å². The van der Waals surface area contributed by atoms with Gasteiger partial charge in [0.2, 0.25) is 11.8 Å². The van der Waals surface area contributed by atoms with Crippen molar-refractivity contribution in [1.29, 1.82) is 0 Å². The second-order valence-electron chi connectivity index (χ2n) is 5.78. The van der Waals surface area contributed by atoms with Crippen LogP contribution in [0.5, 0.6) is 0 Å². The summed E-state index contributed by atoms with van der Waals surface area (Å²) < 4.78 is 0. The number of carbonyl (C=O) groups is 4. The van der Waals surface area contributed by atoms with Crippen LogP contribution in [-0.4, -0.2) is 24.4 Å². The fourth-order valence-corrected chi connectivity index (χ4v) is 2.31. The Balaban J connectivity index is 1.65. The summed E-state index contributed by atoms with van der Waals surface area (Å²) in [5, 5.41) is 5.50. The first-order chi connectivity index (χ1) is 12.6. The van der Waals surface area contributed by atoms with Gasteiger partial charge >= 0.3 is 0 Å². The van der Waals surface area contributed by atoms with Gasteiger partial charge in [0.1, 0.15) is 12.6 Å². The molecule has 0 radical (unpaired) electrons. The van der Waals surface area contributed by atoms with E-state index in [0.29, 0.717) is 48.2 Å². The molecular weight excluding hydrogens is 332 g/mol. The van der Waals surface area contributed by atoms with Crippen LogP contribution in [0.25, 0.3) is 0 Å². The largest absolute Gasteiger partial charge is 0.326 e. The van der Waals surface area contributed by atoms with E-state index in [9.17, 15) is 19.2 Å². The van der Waals surface area contributed by atoms with Crippen LogP contribution in [0.2, 0.25) is 0 Å². The molecule has 0 atom stereocenters. The van der Waals surface area contributed by atoms with Crippen molar-refractivity contribution in [2.45, 2.75) is 25.7 Å². The molecule has 0 spiro atoms. The highest BCUT2D eigenvalue weighted by Crippen LogP contribution is 2.11. The Morgan fingerprint density at radius 1 is 0.654 bits per heavy atom. The lowest BCUT2D eigenvalue weighted by atomic mass is 10.1. The SMILES string of the molecule is O=Cc1ccc(NC(=O)CCCCC(=O)Nc2ccc(C=O)cc2)cc1. The van der Waals surface area contributed by atoms with Crippen LogP contribution in [0, 0.1) is 0 Å². The monoisotopic (exact) mass is 352 g/mol. The average Bonchev–Trinajstić information content (AvgIpc) is 2.66. The minimum atomic E-state index is -0.131. The Labute approximate surface area is 151 Å². The summed E-state index contributed by atoms with van der Waals surface area (Å²) >= 11 is 0. The highest BCUT2D eigenvalue weighted by Gasteiger charge is 2.06. The molecule has 2 N–H and O–H groups in total. The normalized spacial score (nSPS) is 10.0. The number of amides is 2. The van der Waals surface area contributed by atoms with Gasteiger partial charge in [0, 0.05) is 35.3 Å². The average molecular weight is 352 g/mol. The van der Waals surface area contributed by atoms with Crippen LogP contribution in [-0.2, 0) is 9.59 Å². The highest BCUT2D eigenvalue weighted by atomic mass is 16.2. The second-order valence-corrected chi connectivity index (χ2v) is 5.78. The lowest BCUT2D eigenvalue weighted by Crippen LogP contribution is -2.13. The van der Waals surface area contributed by atoms with Crippen LogP contribution in [0.1, 0.15) is 46.4 Å². The first-order valence-electron chi connectivity index (χ1n) is 8.31. The predicted octanol–water partition coefficient (Wildman–Crippen LogP) is 3.45. The van der Waals surface area contributed by atoms with E-state index in [1.54, 1.807) is 48.5 Å². The number of hydrogen-bond donors (Lipinski definition) is 2. The highest BCUT2D eigenvalue weighted by molar-refractivity contribution is 5.92. The molecule has 0 unspecified atom stereocenters. The van der Waals surface area contributed by atoms with E-state index < -0.39 is 0 Å². The number of unbranched alkanes of at least 4 members (excludes halogenated alkanes) is 1. The van der Waals surface area contributed by atoms with E-state index >= 15 is 0 Å². The Morgan fingerprint density at radius 2 is 1.00 bits per heavy atom. The van der Waals surface area contributed by atoms with E-state index in [-0.39, 0.29) is 11.8 Å². The Bertz CT molecular complexity index is 700. The van der Waals surface area contributed by atoms with Gasteiger partial charge in [-0.1, -0.05) is 0 Å². The van der Waals surface area contributed by atoms with Gasteiger partial charge in [0.05, 0.1) is 0 Å². The number of aldehydes is 2. The minimum Gasteiger partial charge on any atom is -0.326 e. The molecule has 0 saturated carbocycles. The van der Waals surface area contributed by atoms with Gasteiger partial charge in [-0.2, -0.15) is 0 Å². The van der Waals surface area contributed by atoms with E-state index in [1.807, 2.05) is 0 Å². The van der Waals surface area contributed by atoms with Crippen molar-refractivity contribution in [3.05, 3.63) is 59.7 Å². The van der Waals surface area contributed by atoms with E-state index in [1.165, 1.54) is 0 Å². The number of hydrogen-bond acceptors (Lipinski definition) is 4. The van der Waals surface area contributed by atoms with Gasteiger partial charge in [0.15, 0.2) is 0 Å². The molecule has 0 aliphatic rings. The topological polar surface area (TPSA) is 92.3 Å². The second kappa shape index (κ2) is 9.88. The molecule has 0 aliphatic carbocycles. The molecule has 0 aliphatic heterocycles. The van der Waals surface area contributed by atoms with E-state index in [0.717, 1.165) is 12.6 Å². The first-order valence-corrected chi connectivity index (χ1v) is 8.31. The third-order valence-electron chi connectivity index (χ3n) is 3.72. The lowest BCUT2D eigenvalue weighted by Gasteiger charge is -2.06. The molecule has 0 heterocycles. The van der Waals surface area contributed by atoms with Crippen molar-refractivity contribution < 1.29 is 19.2 Å². The van der Waals surface area contributed by atoms with Gasteiger partial charge in [0.25, 0.3) is 0 Å². The molecular formula is C20H20N2O4. The third-order valence-corrected chi connectivity index (χ3v) is 3.72. The molecule has 2 aromatic carbocycles. The van der Waals surface area contributed by atoms with Gasteiger partial charge in [-0.15, -0.1) is 0 Å². The molecule has 6 nitrogen and oxygen atoms in total. The van der Waals surface area contributed by atoms with Crippen molar-refractivity contribution >= 4 is 35.8 Å². The van der Waals surface area contributed by atoms with Crippen LogP contribution < -0.4 is 10.6 Å². The van der Waals surface area contributed by atoms with Crippen LogP contribution in [0.4, 0.5) is 11.4 Å². The zero-order valence-corrected chi connectivity index (χ0v) is 14.2. The zero-order chi connectivity index (χ0) is 18.8. The maximum absolute atomic E-state index is 11.9. The molecule has 0 aromatic heterocycles. The molecule has 2 aromatic rings. The van der Waals surface area contributed by atoms with Gasteiger partial charge in [-0.3, -0.25) is 19.2 Å². The molecule has 2 amide bonds. The molecule has 0 fully saturated rings. The Morgan fingerprint density at radius 3 is 1.31 bits per heavy atom. The maximum atomic E-state index is 11.9. The summed E-state index contributed by atoms with van der Waals surface area (Å²) in [4.78, 5) is 44.9. The number of rotatable bonds is 9. The number of benzene rings is 2. The van der Waals surface area contributed by atoms with Crippen molar-refractivity contribution in [3.63, 3.8) is 0 Å².